The number of rotatable bonds is 10. The number of carbonyl (C=O) groups excluding carboxylic acids is 1. The minimum atomic E-state index is -4.29. The summed E-state index contributed by atoms with van der Waals surface area (Å²) in [5, 5.41) is 2.81. The smallest absolute Gasteiger partial charge is 0.281 e. The number of amides is 1. The second-order valence-corrected chi connectivity index (χ2v) is 11.4. The van der Waals surface area contributed by atoms with Gasteiger partial charge in [-0.1, -0.05) is 54.1 Å². The van der Waals surface area contributed by atoms with Gasteiger partial charge in [-0.2, -0.15) is 8.42 Å². The molecule has 2 heterocycles. The largest absolute Gasteiger partial charge is 0.438 e. The molecule has 0 aliphatic rings. The zero-order valence-electron chi connectivity index (χ0n) is 23.2. The highest BCUT2D eigenvalue weighted by molar-refractivity contribution is 7.90. The van der Waals surface area contributed by atoms with E-state index in [0.717, 1.165) is 28.8 Å². The van der Waals surface area contributed by atoms with Gasteiger partial charge in [-0.15, -0.1) is 0 Å². The fourth-order valence-electron chi connectivity index (χ4n) is 4.19. The first-order valence-electron chi connectivity index (χ1n) is 12.8. The third-order valence-corrected chi connectivity index (χ3v) is 7.30. The maximum absolute atomic E-state index is 13.4. The Morgan fingerprint density at radius 3 is 2.30 bits per heavy atom. The zero-order chi connectivity index (χ0) is 28.9. The first-order valence-corrected chi connectivity index (χ1v) is 14.3. The summed E-state index contributed by atoms with van der Waals surface area (Å²) in [6.45, 7) is 7.12. The van der Waals surface area contributed by atoms with Crippen LogP contribution in [-0.2, 0) is 10.0 Å². The summed E-state index contributed by atoms with van der Waals surface area (Å²) < 4.78 is 34.7. The molecule has 0 radical (unpaired) electrons. The van der Waals surface area contributed by atoms with Gasteiger partial charge >= 0.3 is 0 Å². The lowest BCUT2D eigenvalue weighted by atomic mass is 10.1. The van der Waals surface area contributed by atoms with Gasteiger partial charge in [0.2, 0.25) is 5.88 Å². The molecule has 0 aliphatic carbocycles. The number of likely N-dealkylation sites (N-methyl/N-ethyl adjacent to an activating group) is 1. The third-order valence-electron chi connectivity index (χ3n) is 6.07. The summed E-state index contributed by atoms with van der Waals surface area (Å²) in [6, 6.07) is 21.1. The molecule has 0 bridgehead atoms. The summed E-state index contributed by atoms with van der Waals surface area (Å²) in [4.78, 5) is 24.2. The van der Waals surface area contributed by atoms with Gasteiger partial charge in [-0.3, -0.25) is 4.79 Å². The number of pyridine rings is 2. The third kappa shape index (κ3) is 7.02. The van der Waals surface area contributed by atoms with Crippen LogP contribution in [0.3, 0.4) is 0 Å². The van der Waals surface area contributed by atoms with E-state index in [0.29, 0.717) is 23.8 Å². The molecular formula is C30H37N5O4S. The zero-order valence-corrected chi connectivity index (χ0v) is 24.0. The minimum absolute atomic E-state index is 0. The van der Waals surface area contributed by atoms with Crippen molar-refractivity contribution in [3.63, 3.8) is 0 Å². The van der Waals surface area contributed by atoms with Crippen LogP contribution in [0.4, 0.5) is 5.82 Å². The van der Waals surface area contributed by atoms with Crippen LogP contribution < -0.4 is 14.8 Å². The maximum Gasteiger partial charge on any atom is 0.281 e. The number of sulfonamides is 1. The van der Waals surface area contributed by atoms with Crippen molar-refractivity contribution < 1.29 is 20.8 Å². The van der Waals surface area contributed by atoms with Crippen LogP contribution in [0.25, 0.3) is 11.3 Å². The van der Waals surface area contributed by atoms with Crippen molar-refractivity contribution in [1.29, 1.82) is 0 Å². The monoisotopic (exact) mass is 563 g/mol. The average molecular weight is 564 g/mol. The lowest BCUT2D eigenvalue weighted by Gasteiger charge is -2.16. The fraction of sp³-hybridized carbons (Fsp3) is 0.233. The van der Waals surface area contributed by atoms with Crippen LogP contribution in [0.5, 0.6) is 11.6 Å². The predicted molar refractivity (Wildman–Crippen MR) is 161 cm³/mol. The molecule has 4 aromatic rings. The standard InChI is InChI=1S/C30H33N5O4S.2H2/c1-20-18-21(2)28(22(3)19-20)39-30-24(14-15-25(32-30)23-10-7-6-8-11-23)29(36)34-40(37,38)27-13-9-12-26(33-27)31-16-17-35(4)5;;/h6-15,18-19H,16-17H2,1-5H3,(H,31,33)(H,34,36);2*1H. The number of aromatic nitrogens is 2. The van der Waals surface area contributed by atoms with E-state index in [1.807, 2.05) is 82.2 Å². The number of benzene rings is 2. The SMILES string of the molecule is Cc1cc(C)c(Oc2nc(-c3ccccc3)ccc2C(=O)NS(=O)(=O)c2cccc(NCCN(C)C)n2)c(C)c1.[HH].[HH]. The number of hydrogen-bond acceptors (Lipinski definition) is 8. The molecule has 2 aromatic carbocycles. The van der Waals surface area contributed by atoms with E-state index in [1.54, 1.807) is 18.2 Å². The molecule has 0 spiro atoms. The van der Waals surface area contributed by atoms with Gasteiger partial charge in [0.15, 0.2) is 5.03 Å². The first-order chi connectivity index (χ1) is 19.0. The van der Waals surface area contributed by atoms with Gasteiger partial charge in [0.1, 0.15) is 17.1 Å². The normalized spacial score (nSPS) is 11.3. The molecule has 40 heavy (non-hydrogen) atoms. The number of carbonyl (C=O) groups is 1. The molecule has 0 saturated carbocycles. The van der Waals surface area contributed by atoms with Crippen molar-refractivity contribution in [2.24, 2.45) is 0 Å². The van der Waals surface area contributed by atoms with Gasteiger partial charge in [-0.25, -0.2) is 14.7 Å². The van der Waals surface area contributed by atoms with Crippen molar-refractivity contribution in [2.75, 3.05) is 32.5 Å². The summed E-state index contributed by atoms with van der Waals surface area (Å²) in [5.74, 6) is 0.0623. The number of hydrogen-bond donors (Lipinski definition) is 2. The summed E-state index contributed by atoms with van der Waals surface area (Å²) in [5.41, 5.74) is 4.19. The number of aryl methyl sites for hydroxylation is 3. The van der Waals surface area contributed by atoms with Gasteiger partial charge in [0.25, 0.3) is 15.9 Å². The Hall–Kier alpha value is -4.28. The van der Waals surface area contributed by atoms with E-state index in [9.17, 15) is 13.2 Å². The van der Waals surface area contributed by atoms with E-state index in [1.165, 1.54) is 12.1 Å². The van der Waals surface area contributed by atoms with Crippen molar-refractivity contribution in [3.05, 3.63) is 95.1 Å². The Morgan fingerprint density at radius 1 is 0.925 bits per heavy atom. The van der Waals surface area contributed by atoms with E-state index in [-0.39, 0.29) is 19.3 Å². The Kier molecular flexibility index (Phi) is 8.81. The Morgan fingerprint density at radius 2 is 1.62 bits per heavy atom. The maximum atomic E-state index is 13.4. The molecule has 4 rings (SSSR count). The number of anilines is 1. The van der Waals surface area contributed by atoms with Crippen molar-refractivity contribution in [2.45, 2.75) is 25.8 Å². The molecule has 2 N–H and O–H groups in total. The lowest BCUT2D eigenvalue weighted by molar-refractivity contribution is 0.0978. The summed E-state index contributed by atoms with van der Waals surface area (Å²) in [7, 11) is -0.416. The molecule has 1 amide bonds. The quantitative estimate of drug-likeness (QED) is 0.262. The molecule has 0 fully saturated rings. The Balaban J connectivity index is 0.00000308. The van der Waals surface area contributed by atoms with Gasteiger partial charge in [0, 0.05) is 21.5 Å². The Bertz CT molecular complexity index is 1610. The van der Waals surface area contributed by atoms with E-state index in [2.05, 4.69) is 20.0 Å². The predicted octanol–water partition coefficient (Wildman–Crippen LogP) is 5.45. The van der Waals surface area contributed by atoms with Crippen LogP contribution >= 0.6 is 0 Å². The van der Waals surface area contributed by atoms with Gasteiger partial charge < -0.3 is 15.0 Å². The lowest BCUT2D eigenvalue weighted by Crippen LogP contribution is -2.31. The number of nitrogens with one attached hydrogen (secondary N) is 2. The van der Waals surface area contributed by atoms with Crippen molar-refractivity contribution in [3.8, 4) is 22.9 Å². The molecule has 9 nitrogen and oxygen atoms in total. The minimum Gasteiger partial charge on any atom is -0.438 e. The molecule has 212 valence electrons. The van der Waals surface area contributed by atoms with Crippen molar-refractivity contribution in [1.82, 2.24) is 19.6 Å². The van der Waals surface area contributed by atoms with Gasteiger partial charge in [-0.05, 0) is 70.3 Å². The van der Waals surface area contributed by atoms with E-state index >= 15 is 0 Å². The molecule has 0 unspecified atom stereocenters. The second kappa shape index (κ2) is 12.3. The Labute approximate surface area is 238 Å². The van der Waals surface area contributed by atoms with Gasteiger partial charge in [0.05, 0.1) is 5.69 Å². The summed E-state index contributed by atoms with van der Waals surface area (Å²) >= 11 is 0. The highest BCUT2D eigenvalue weighted by atomic mass is 32.2. The highest BCUT2D eigenvalue weighted by Crippen LogP contribution is 2.32. The number of ether oxygens (including phenoxy) is 1. The highest BCUT2D eigenvalue weighted by Gasteiger charge is 2.25. The fourth-order valence-corrected chi connectivity index (χ4v) is 5.12. The van der Waals surface area contributed by atoms with Crippen LogP contribution in [0.1, 0.15) is 29.9 Å². The molecule has 0 saturated heterocycles. The first kappa shape index (κ1) is 28.7. The second-order valence-electron chi connectivity index (χ2n) is 9.77. The van der Waals surface area contributed by atoms with E-state index in [4.69, 9.17) is 4.74 Å². The molecule has 0 aliphatic heterocycles. The van der Waals surface area contributed by atoms with Crippen LogP contribution in [0, 0.1) is 20.8 Å². The summed E-state index contributed by atoms with van der Waals surface area (Å²) in [6.07, 6.45) is 0. The van der Waals surface area contributed by atoms with Crippen LogP contribution in [-0.4, -0.2) is 56.4 Å². The molecule has 2 aromatic heterocycles. The average Bonchev–Trinajstić information content (AvgIpc) is 2.91. The molecule has 10 heteroatoms. The van der Waals surface area contributed by atoms with Crippen LogP contribution in [0.15, 0.2) is 77.8 Å². The number of nitrogens with zero attached hydrogens (tertiary/aromatic N) is 3. The topological polar surface area (TPSA) is 114 Å². The molecular weight excluding hydrogens is 526 g/mol. The van der Waals surface area contributed by atoms with E-state index < -0.39 is 15.9 Å². The van der Waals surface area contributed by atoms with Crippen molar-refractivity contribution >= 4 is 21.7 Å². The van der Waals surface area contributed by atoms with Crippen LogP contribution in [0.2, 0.25) is 0 Å². The molecule has 0 atom stereocenters.